The van der Waals surface area contributed by atoms with Crippen molar-refractivity contribution in [3.63, 3.8) is 0 Å². The average molecular weight is 260 g/mol. The fourth-order valence-electron chi connectivity index (χ4n) is 1.91. The minimum atomic E-state index is -0.568. The van der Waals surface area contributed by atoms with Crippen molar-refractivity contribution in [2.45, 2.75) is 39.3 Å². The molecule has 0 radical (unpaired) electrons. The lowest BCUT2D eigenvalue weighted by Gasteiger charge is -2.33. The molecule has 1 atom stereocenters. The van der Waals surface area contributed by atoms with Crippen LogP contribution in [0.15, 0.2) is 36.4 Å². The largest absolute Gasteiger partial charge is 0.463 e. The number of aliphatic hydroxyl groups excluding tert-OH is 1. The molecule has 102 valence electrons. The molecular formula is C16H20O3. The molecule has 1 aromatic rings. The number of fused-ring (bicyclic) bond motifs is 1. The van der Waals surface area contributed by atoms with E-state index in [9.17, 15) is 0 Å². The van der Waals surface area contributed by atoms with Crippen molar-refractivity contribution in [3.8, 4) is 5.75 Å². The predicted molar refractivity (Wildman–Crippen MR) is 75.8 cm³/mol. The van der Waals surface area contributed by atoms with Crippen molar-refractivity contribution in [1.82, 2.24) is 0 Å². The number of ether oxygens (including phenoxy) is 2. The molecule has 19 heavy (non-hydrogen) atoms. The summed E-state index contributed by atoms with van der Waals surface area (Å²) in [5, 5.41) is 9.14. The van der Waals surface area contributed by atoms with Gasteiger partial charge in [-0.15, -0.1) is 0 Å². The minimum absolute atomic E-state index is 0.429. The van der Waals surface area contributed by atoms with E-state index >= 15 is 0 Å². The van der Waals surface area contributed by atoms with Gasteiger partial charge in [-0.2, -0.15) is 0 Å². The van der Waals surface area contributed by atoms with Crippen LogP contribution < -0.4 is 4.74 Å². The number of allylic oxidation sites excluding steroid dienone is 2. The van der Waals surface area contributed by atoms with Crippen molar-refractivity contribution in [3.05, 3.63) is 47.6 Å². The smallest absolute Gasteiger partial charge is 0.205 e. The van der Waals surface area contributed by atoms with Crippen LogP contribution in [0.3, 0.4) is 0 Å². The van der Waals surface area contributed by atoms with E-state index in [0.717, 1.165) is 16.9 Å². The quantitative estimate of drug-likeness (QED) is 0.848. The molecule has 0 amide bonds. The van der Waals surface area contributed by atoms with E-state index in [1.807, 2.05) is 50.3 Å². The average Bonchev–Trinajstić information content (AvgIpc) is 2.33. The molecule has 1 aromatic carbocycles. The Balaban J connectivity index is 2.20. The van der Waals surface area contributed by atoms with Crippen LogP contribution in [0.2, 0.25) is 0 Å². The summed E-state index contributed by atoms with van der Waals surface area (Å²) >= 11 is 0. The maximum Gasteiger partial charge on any atom is 0.205 e. The third-order valence-corrected chi connectivity index (χ3v) is 2.87. The lowest BCUT2D eigenvalue weighted by atomic mass is 10.0. The predicted octanol–water partition coefficient (Wildman–Crippen LogP) is 3.28. The number of benzene rings is 1. The fourth-order valence-corrected chi connectivity index (χ4v) is 1.91. The Morgan fingerprint density at radius 3 is 2.84 bits per heavy atom. The second-order valence-corrected chi connectivity index (χ2v) is 5.10. The van der Waals surface area contributed by atoms with E-state index in [1.54, 1.807) is 13.0 Å². The molecule has 3 nitrogen and oxygen atoms in total. The summed E-state index contributed by atoms with van der Waals surface area (Å²) in [4.78, 5) is 0. The SMILES string of the molecule is C[C@@H](O)/C=C\C=C\c1cccc2c1COC(C)(C)O2. The van der Waals surface area contributed by atoms with Crippen molar-refractivity contribution < 1.29 is 14.6 Å². The summed E-state index contributed by atoms with van der Waals surface area (Å²) < 4.78 is 11.5. The summed E-state index contributed by atoms with van der Waals surface area (Å²) in [6.45, 7) is 6.08. The Hall–Kier alpha value is -1.58. The molecule has 1 heterocycles. The molecule has 1 aliphatic rings. The van der Waals surface area contributed by atoms with Gasteiger partial charge in [-0.1, -0.05) is 36.4 Å². The van der Waals surface area contributed by atoms with Crippen molar-refractivity contribution in [2.24, 2.45) is 0 Å². The second kappa shape index (κ2) is 5.59. The Kier molecular flexibility index (Phi) is 4.08. The monoisotopic (exact) mass is 260 g/mol. The Labute approximate surface area is 114 Å². The van der Waals surface area contributed by atoms with Gasteiger partial charge in [-0.25, -0.2) is 0 Å². The molecule has 1 N–H and O–H groups in total. The third kappa shape index (κ3) is 3.69. The summed E-state index contributed by atoms with van der Waals surface area (Å²) in [7, 11) is 0. The summed E-state index contributed by atoms with van der Waals surface area (Å²) in [5.74, 6) is 0.305. The van der Waals surface area contributed by atoms with Crippen LogP contribution in [0.1, 0.15) is 31.9 Å². The summed E-state index contributed by atoms with van der Waals surface area (Å²) in [5.41, 5.74) is 2.13. The molecule has 0 saturated carbocycles. The van der Waals surface area contributed by atoms with E-state index in [-0.39, 0.29) is 0 Å². The minimum Gasteiger partial charge on any atom is -0.463 e. The van der Waals surface area contributed by atoms with Gasteiger partial charge in [0.15, 0.2) is 0 Å². The Bertz CT molecular complexity index is 499. The van der Waals surface area contributed by atoms with Crippen LogP contribution in [-0.4, -0.2) is 17.0 Å². The first-order valence-corrected chi connectivity index (χ1v) is 6.46. The Morgan fingerprint density at radius 1 is 1.32 bits per heavy atom. The van der Waals surface area contributed by atoms with E-state index in [4.69, 9.17) is 14.6 Å². The van der Waals surface area contributed by atoms with E-state index in [0.29, 0.717) is 6.61 Å². The molecule has 1 aliphatic heterocycles. The summed E-state index contributed by atoms with van der Waals surface area (Å²) in [6.07, 6.45) is 7.02. The molecule has 0 spiro atoms. The van der Waals surface area contributed by atoms with Crippen LogP contribution >= 0.6 is 0 Å². The number of aliphatic hydroxyl groups is 1. The third-order valence-electron chi connectivity index (χ3n) is 2.87. The topological polar surface area (TPSA) is 38.7 Å². The van der Waals surface area contributed by atoms with Gasteiger partial charge in [0.05, 0.1) is 12.7 Å². The molecule has 0 unspecified atom stereocenters. The lowest BCUT2D eigenvalue weighted by molar-refractivity contribution is -0.180. The number of rotatable bonds is 3. The Morgan fingerprint density at radius 2 is 2.11 bits per heavy atom. The van der Waals surface area contributed by atoms with Crippen LogP contribution in [0.4, 0.5) is 0 Å². The van der Waals surface area contributed by atoms with E-state index in [1.165, 1.54) is 0 Å². The zero-order valence-corrected chi connectivity index (χ0v) is 11.6. The highest BCUT2D eigenvalue weighted by Crippen LogP contribution is 2.33. The normalized spacial score (nSPS) is 19.4. The first-order valence-electron chi connectivity index (χ1n) is 6.46. The molecule has 0 saturated heterocycles. The van der Waals surface area contributed by atoms with Gasteiger partial charge in [0.1, 0.15) is 5.75 Å². The van der Waals surface area contributed by atoms with Gasteiger partial charge in [0, 0.05) is 19.4 Å². The maximum atomic E-state index is 9.14. The first-order chi connectivity index (χ1) is 8.98. The molecule has 0 bridgehead atoms. The number of hydrogen-bond donors (Lipinski definition) is 1. The summed E-state index contributed by atoms with van der Waals surface area (Å²) in [6, 6.07) is 5.96. The fraction of sp³-hybridized carbons (Fsp3) is 0.375. The van der Waals surface area contributed by atoms with Gasteiger partial charge in [0.25, 0.3) is 0 Å². The zero-order chi connectivity index (χ0) is 13.9. The standard InChI is InChI=1S/C16H20O3/c1-12(17)7-4-5-8-13-9-6-10-15-14(13)11-18-16(2,3)19-15/h4-10,12,17H,11H2,1-3H3/b7-4-,8-5+/t12-/m1/s1. The van der Waals surface area contributed by atoms with Gasteiger partial charge >= 0.3 is 0 Å². The molecular weight excluding hydrogens is 240 g/mol. The van der Waals surface area contributed by atoms with Gasteiger partial charge in [0.2, 0.25) is 5.79 Å². The molecule has 2 rings (SSSR count). The second-order valence-electron chi connectivity index (χ2n) is 5.10. The first kappa shape index (κ1) is 13.8. The van der Waals surface area contributed by atoms with Crippen LogP contribution in [0, 0.1) is 0 Å². The highest BCUT2D eigenvalue weighted by atomic mass is 16.7. The highest BCUT2D eigenvalue weighted by molar-refractivity contribution is 5.59. The van der Waals surface area contributed by atoms with Crippen LogP contribution in [0.5, 0.6) is 5.75 Å². The number of hydrogen-bond acceptors (Lipinski definition) is 3. The highest BCUT2D eigenvalue weighted by Gasteiger charge is 2.27. The lowest BCUT2D eigenvalue weighted by Crippen LogP contribution is -2.35. The van der Waals surface area contributed by atoms with Gasteiger partial charge < -0.3 is 14.6 Å². The van der Waals surface area contributed by atoms with E-state index < -0.39 is 11.9 Å². The molecule has 0 fully saturated rings. The van der Waals surface area contributed by atoms with Crippen molar-refractivity contribution in [1.29, 1.82) is 0 Å². The van der Waals surface area contributed by atoms with Crippen LogP contribution in [0.25, 0.3) is 6.08 Å². The molecule has 3 heteroatoms. The van der Waals surface area contributed by atoms with Crippen molar-refractivity contribution in [2.75, 3.05) is 0 Å². The van der Waals surface area contributed by atoms with E-state index in [2.05, 4.69) is 0 Å². The van der Waals surface area contributed by atoms with Gasteiger partial charge in [-0.3, -0.25) is 0 Å². The zero-order valence-electron chi connectivity index (χ0n) is 11.6. The van der Waals surface area contributed by atoms with Crippen molar-refractivity contribution >= 4 is 6.08 Å². The molecule has 0 aromatic heterocycles. The van der Waals surface area contributed by atoms with Gasteiger partial charge in [-0.05, 0) is 18.6 Å². The molecule has 0 aliphatic carbocycles. The van der Waals surface area contributed by atoms with Crippen LogP contribution in [-0.2, 0) is 11.3 Å². The maximum absolute atomic E-state index is 9.14.